The number of piperidine rings is 1. The lowest BCUT2D eigenvalue weighted by molar-refractivity contribution is 0.203. The zero-order valence-electron chi connectivity index (χ0n) is 9.42. The highest BCUT2D eigenvalue weighted by molar-refractivity contribution is 6.43. The van der Waals surface area contributed by atoms with Crippen molar-refractivity contribution in [2.75, 3.05) is 13.1 Å². The van der Waals surface area contributed by atoms with Crippen LogP contribution >= 0.6 is 0 Å². The van der Waals surface area contributed by atoms with Crippen molar-refractivity contribution in [3.8, 4) is 0 Å². The van der Waals surface area contributed by atoms with Crippen molar-refractivity contribution >= 4 is 7.12 Å². The van der Waals surface area contributed by atoms with Crippen LogP contribution in [0.3, 0.4) is 0 Å². The molecule has 1 heterocycles. The lowest BCUT2D eigenvalue weighted by Crippen LogP contribution is -2.38. The first-order chi connectivity index (χ1) is 7.75. The molecule has 1 atom stereocenters. The third-order valence-corrected chi connectivity index (χ3v) is 3.21. The minimum atomic E-state index is -1.17. The lowest BCUT2D eigenvalue weighted by Gasteiger charge is -2.32. The Morgan fingerprint density at radius 3 is 2.69 bits per heavy atom. The van der Waals surface area contributed by atoms with Gasteiger partial charge in [-0.3, -0.25) is 4.90 Å². The number of hydrogen-bond acceptors (Lipinski definition) is 3. The fourth-order valence-electron chi connectivity index (χ4n) is 2.32. The molecule has 0 aliphatic carbocycles. The summed E-state index contributed by atoms with van der Waals surface area (Å²) in [7, 11) is -1.17. The predicted octanol–water partition coefficient (Wildman–Crippen LogP) is 1.13. The summed E-state index contributed by atoms with van der Waals surface area (Å²) in [5, 5.41) is 18.4. The van der Waals surface area contributed by atoms with Crippen molar-refractivity contribution in [3.05, 3.63) is 35.9 Å². The maximum absolute atomic E-state index is 9.19. The molecule has 3 nitrogen and oxygen atoms in total. The van der Waals surface area contributed by atoms with Gasteiger partial charge in [-0.1, -0.05) is 30.3 Å². The number of nitrogens with zero attached hydrogens (tertiary/aromatic N) is 1. The zero-order valence-corrected chi connectivity index (χ0v) is 9.42. The average Bonchev–Trinajstić information content (AvgIpc) is 2.30. The summed E-state index contributed by atoms with van der Waals surface area (Å²) >= 11 is 0. The van der Waals surface area contributed by atoms with Gasteiger partial charge in [0.15, 0.2) is 0 Å². The largest absolute Gasteiger partial charge is 0.456 e. The van der Waals surface area contributed by atoms with Crippen LogP contribution in [0, 0.1) is 0 Å². The summed E-state index contributed by atoms with van der Waals surface area (Å²) in [5.74, 6) is 0.0115. The molecule has 86 valence electrons. The van der Waals surface area contributed by atoms with E-state index in [4.69, 9.17) is 0 Å². The summed E-state index contributed by atoms with van der Waals surface area (Å²) in [6.07, 6.45) is 1.97. The molecule has 4 heteroatoms. The van der Waals surface area contributed by atoms with Crippen molar-refractivity contribution in [2.45, 2.75) is 25.2 Å². The lowest BCUT2D eigenvalue weighted by atomic mass is 9.68. The normalized spacial score (nSPS) is 22.0. The molecule has 0 saturated carbocycles. The molecular formula is C12H18BNO2. The Bertz CT molecular complexity index is 318. The van der Waals surface area contributed by atoms with Crippen LogP contribution in [-0.4, -0.2) is 35.2 Å². The molecule has 1 aromatic carbocycles. The molecule has 1 unspecified atom stereocenters. The second-order valence-corrected chi connectivity index (χ2v) is 4.54. The second kappa shape index (κ2) is 5.48. The zero-order chi connectivity index (χ0) is 11.4. The maximum atomic E-state index is 9.19. The van der Waals surface area contributed by atoms with Crippen LogP contribution in [-0.2, 0) is 6.54 Å². The molecule has 2 N–H and O–H groups in total. The Morgan fingerprint density at radius 1 is 1.25 bits per heavy atom. The van der Waals surface area contributed by atoms with Gasteiger partial charge >= 0.3 is 7.12 Å². The van der Waals surface area contributed by atoms with Crippen molar-refractivity contribution in [1.29, 1.82) is 0 Å². The molecule has 1 aliphatic heterocycles. The van der Waals surface area contributed by atoms with Gasteiger partial charge in [-0.15, -0.1) is 0 Å². The fraction of sp³-hybridized carbons (Fsp3) is 0.500. The molecule has 0 bridgehead atoms. The molecule has 0 radical (unpaired) electrons. The first-order valence-electron chi connectivity index (χ1n) is 5.88. The highest BCUT2D eigenvalue weighted by atomic mass is 16.4. The number of rotatable bonds is 3. The summed E-state index contributed by atoms with van der Waals surface area (Å²) in [6, 6.07) is 10.3. The van der Waals surface area contributed by atoms with Crippen LogP contribution in [0.4, 0.5) is 0 Å². The van der Waals surface area contributed by atoms with Crippen LogP contribution in [0.1, 0.15) is 18.4 Å². The molecule has 0 aromatic heterocycles. The quantitative estimate of drug-likeness (QED) is 0.749. The molecule has 2 rings (SSSR count). The number of likely N-dealkylation sites (tertiary alicyclic amines) is 1. The van der Waals surface area contributed by atoms with E-state index < -0.39 is 7.12 Å². The topological polar surface area (TPSA) is 43.7 Å². The van der Waals surface area contributed by atoms with Gasteiger partial charge < -0.3 is 10.0 Å². The smallest absolute Gasteiger partial charge is 0.427 e. The van der Waals surface area contributed by atoms with E-state index in [1.807, 2.05) is 18.2 Å². The third-order valence-electron chi connectivity index (χ3n) is 3.21. The van der Waals surface area contributed by atoms with Crippen LogP contribution in [0.15, 0.2) is 30.3 Å². The van der Waals surface area contributed by atoms with Crippen LogP contribution in [0.25, 0.3) is 0 Å². The van der Waals surface area contributed by atoms with Gasteiger partial charge in [0.2, 0.25) is 0 Å². The van der Waals surface area contributed by atoms with Gasteiger partial charge in [-0.05, 0) is 31.5 Å². The van der Waals surface area contributed by atoms with Gasteiger partial charge in [0.05, 0.1) is 0 Å². The highest BCUT2D eigenvalue weighted by Gasteiger charge is 2.28. The first-order valence-corrected chi connectivity index (χ1v) is 5.88. The molecule has 1 saturated heterocycles. The van der Waals surface area contributed by atoms with Gasteiger partial charge in [0, 0.05) is 12.4 Å². The van der Waals surface area contributed by atoms with Crippen LogP contribution < -0.4 is 0 Å². The summed E-state index contributed by atoms with van der Waals surface area (Å²) < 4.78 is 0. The standard InChI is InChI=1S/C12H18BNO2/c15-13(16)12-7-4-8-14(10-12)9-11-5-2-1-3-6-11/h1-3,5-6,12,15-16H,4,7-10H2. The molecule has 1 aliphatic rings. The van der Waals surface area contributed by atoms with E-state index in [1.165, 1.54) is 5.56 Å². The SMILES string of the molecule is OB(O)C1CCCN(Cc2ccccc2)C1. The van der Waals surface area contributed by atoms with E-state index in [9.17, 15) is 10.0 Å². The first kappa shape index (κ1) is 11.6. The van der Waals surface area contributed by atoms with Crippen molar-refractivity contribution < 1.29 is 10.0 Å². The fourth-order valence-corrected chi connectivity index (χ4v) is 2.32. The maximum Gasteiger partial charge on any atom is 0.456 e. The van der Waals surface area contributed by atoms with E-state index in [2.05, 4.69) is 17.0 Å². The summed E-state index contributed by atoms with van der Waals surface area (Å²) in [4.78, 5) is 2.29. The molecule has 0 amide bonds. The van der Waals surface area contributed by atoms with Crippen molar-refractivity contribution in [2.24, 2.45) is 0 Å². The third kappa shape index (κ3) is 3.08. The molecular weight excluding hydrogens is 201 g/mol. The Balaban J connectivity index is 1.90. The van der Waals surface area contributed by atoms with Crippen LogP contribution in [0.2, 0.25) is 5.82 Å². The highest BCUT2D eigenvalue weighted by Crippen LogP contribution is 2.23. The van der Waals surface area contributed by atoms with Gasteiger partial charge in [0.25, 0.3) is 0 Å². The van der Waals surface area contributed by atoms with Crippen molar-refractivity contribution in [1.82, 2.24) is 4.90 Å². The van der Waals surface area contributed by atoms with Crippen molar-refractivity contribution in [3.63, 3.8) is 0 Å². The molecule has 16 heavy (non-hydrogen) atoms. The Hall–Kier alpha value is -0.835. The number of hydrogen-bond donors (Lipinski definition) is 2. The predicted molar refractivity (Wildman–Crippen MR) is 64.9 cm³/mol. The van der Waals surface area contributed by atoms with E-state index >= 15 is 0 Å². The molecule has 0 spiro atoms. The Kier molecular flexibility index (Phi) is 3.99. The number of benzene rings is 1. The van der Waals surface area contributed by atoms with Gasteiger partial charge in [-0.2, -0.15) is 0 Å². The van der Waals surface area contributed by atoms with Crippen LogP contribution in [0.5, 0.6) is 0 Å². The van der Waals surface area contributed by atoms with E-state index in [0.717, 1.165) is 32.5 Å². The Labute approximate surface area is 96.9 Å². The molecule has 1 aromatic rings. The minimum absolute atomic E-state index is 0.0115. The van der Waals surface area contributed by atoms with E-state index in [0.29, 0.717) is 0 Å². The summed E-state index contributed by atoms with van der Waals surface area (Å²) in [6.45, 7) is 2.74. The second-order valence-electron chi connectivity index (χ2n) is 4.54. The van der Waals surface area contributed by atoms with E-state index in [-0.39, 0.29) is 5.82 Å². The minimum Gasteiger partial charge on any atom is -0.427 e. The van der Waals surface area contributed by atoms with E-state index in [1.54, 1.807) is 0 Å². The monoisotopic (exact) mass is 219 g/mol. The average molecular weight is 219 g/mol. The van der Waals surface area contributed by atoms with Gasteiger partial charge in [-0.25, -0.2) is 0 Å². The summed E-state index contributed by atoms with van der Waals surface area (Å²) in [5.41, 5.74) is 1.29. The van der Waals surface area contributed by atoms with Gasteiger partial charge in [0.1, 0.15) is 0 Å². The molecule has 1 fully saturated rings. The Morgan fingerprint density at radius 2 is 2.00 bits per heavy atom.